The minimum Gasteiger partial charge on any atom is -0.508 e. The number of carbonyl (C=O) groups excluding carboxylic acids is 1. The predicted molar refractivity (Wildman–Crippen MR) is 107 cm³/mol. The second-order valence-corrected chi connectivity index (χ2v) is 7.49. The number of thiophene rings is 1. The largest absolute Gasteiger partial charge is 0.508 e. The van der Waals surface area contributed by atoms with Crippen LogP contribution >= 0.6 is 11.3 Å². The van der Waals surface area contributed by atoms with Gasteiger partial charge in [0.05, 0.1) is 11.7 Å². The summed E-state index contributed by atoms with van der Waals surface area (Å²) in [6.45, 7) is 3.82. The van der Waals surface area contributed by atoms with Crippen LogP contribution in [0.5, 0.6) is 5.75 Å². The zero-order valence-corrected chi connectivity index (χ0v) is 16.1. The molecule has 0 spiro atoms. The Hall–Kier alpha value is -2.66. The van der Waals surface area contributed by atoms with E-state index in [0.29, 0.717) is 5.56 Å². The quantitative estimate of drug-likeness (QED) is 0.509. The van der Waals surface area contributed by atoms with E-state index in [9.17, 15) is 14.3 Å². The Kier molecular flexibility index (Phi) is 5.91. The first-order valence-electron chi connectivity index (χ1n) is 8.88. The fourth-order valence-electron chi connectivity index (χ4n) is 2.82. The molecule has 1 aromatic heterocycles. The molecule has 2 aromatic carbocycles. The summed E-state index contributed by atoms with van der Waals surface area (Å²) in [5.74, 6) is -0.995. The van der Waals surface area contributed by atoms with E-state index in [0.717, 1.165) is 28.2 Å². The molecule has 3 aromatic rings. The molecule has 140 valence electrons. The third kappa shape index (κ3) is 4.55. The van der Waals surface area contributed by atoms with Crippen molar-refractivity contribution in [3.05, 3.63) is 66.0 Å². The molecule has 0 aliphatic heterocycles. The van der Waals surface area contributed by atoms with Crippen molar-refractivity contribution < 1.29 is 19.0 Å². The summed E-state index contributed by atoms with van der Waals surface area (Å²) in [4.78, 5) is 14.1. The number of hydrogen-bond donors (Lipinski definition) is 1. The van der Waals surface area contributed by atoms with Crippen LogP contribution in [0.15, 0.2) is 54.6 Å². The highest BCUT2D eigenvalue weighted by Crippen LogP contribution is 2.35. The van der Waals surface area contributed by atoms with Gasteiger partial charge in [0.15, 0.2) is 0 Å². The van der Waals surface area contributed by atoms with Crippen LogP contribution in [-0.2, 0) is 4.74 Å². The highest BCUT2D eigenvalue weighted by Gasteiger charge is 2.17. The van der Waals surface area contributed by atoms with Crippen LogP contribution in [0.2, 0.25) is 0 Å². The van der Waals surface area contributed by atoms with Crippen LogP contribution in [0, 0.1) is 5.82 Å². The van der Waals surface area contributed by atoms with Crippen molar-refractivity contribution in [1.29, 1.82) is 0 Å². The van der Waals surface area contributed by atoms with Gasteiger partial charge in [0.1, 0.15) is 11.6 Å². The average Bonchev–Trinajstić information content (AvgIpc) is 3.12. The Labute approximate surface area is 162 Å². The molecular formula is C22H21FO3S. The minimum absolute atomic E-state index is 0.0444. The lowest BCUT2D eigenvalue weighted by Gasteiger charge is -2.12. The Balaban J connectivity index is 1.79. The molecule has 0 fully saturated rings. The lowest BCUT2D eigenvalue weighted by Crippen LogP contribution is -2.15. The number of halogens is 1. The summed E-state index contributed by atoms with van der Waals surface area (Å²) < 4.78 is 19.8. The van der Waals surface area contributed by atoms with Gasteiger partial charge in [0.25, 0.3) is 0 Å². The molecule has 1 heterocycles. The van der Waals surface area contributed by atoms with Gasteiger partial charge in [-0.15, -0.1) is 11.3 Å². The number of esters is 1. The molecule has 0 saturated heterocycles. The molecule has 5 heteroatoms. The van der Waals surface area contributed by atoms with Crippen LogP contribution in [0.25, 0.3) is 20.9 Å². The molecule has 0 saturated carbocycles. The van der Waals surface area contributed by atoms with Gasteiger partial charge in [0.2, 0.25) is 0 Å². The van der Waals surface area contributed by atoms with Crippen LogP contribution in [0.1, 0.15) is 37.0 Å². The molecule has 0 aliphatic carbocycles. The Morgan fingerprint density at radius 1 is 1.07 bits per heavy atom. The van der Waals surface area contributed by atoms with Crippen molar-refractivity contribution in [2.75, 3.05) is 0 Å². The van der Waals surface area contributed by atoms with Crippen LogP contribution in [0.4, 0.5) is 4.39 Å². The van der Waals surface area contributed by atoms with Gasteiger partial charge in [-0.1, -0.05) is 19.4 Å². The third-order valence-corrected chi connectivity index (χ3v) is 5.42. The van der Waals surface area contributed by atoms with E-state index in [-0.39, 0.29) is 17.4 Å². The predicted octanol–water partition coefficient (Wildman–Crippen LogP) is 6.27. The fourth-order valence-corrected chi connectivity index (χ4v) is 3.83. The Morgan fingerprint density at radius 2 is 1.70 bits per heavy atom. The van der Waals surface area contributed by atoms with Crippen molar-refractivity contribution in [2.45, 2.75) is 32.8 Å². The average molecular weight is 384 g/mol. The first-order chi connectivity index (χ1) is 13.0. The van der Waals surface area contributed by atoms with Crippen molar-refractivity contribution >= 4 is 17.3 Å². The van der Waals surface area contributed by atoms with Gasteiger partial charge in [0, 0.05) is 9.75 Å². The third-order valence-electron chi connectivity index (χ3n) is 4.23. The standard InChI is InChI=1S/C22H21FO3S/c1-3-4-14(2)26-22(25)18-10-7-16(13-19(18)23)21-12-11-20(27-21)15-5-8-17(24)9-6-15/h5-14,24H,3-4H2,1-2H3. The molecule has 3 rings (SSSR count). The number of aromatic hydroxyl groups is 1. The second kappa shape index (κ2) is 8.35. The minimum atomic E-state index is -0.629. The Morgan fingerprint density at radius 3 is 2.33 bits per heavy atom. The normalized spacial score (nSPS) is 12.0. The van der Waals surface area contributed by atoms with Gasteiger partial charge in [-0.3, -0.25) is 0 Å². The highest BCUT2D eigenvalue weighted by atomic mass is 32.1. The lowest BCUT2D eigenvalue weighted by atomic mass is 10.1. The topological polar surface area (TPSA) is 46.5 Å². The van der Waals surface area contributed by atoms with E-state index in [1.807, 2.05) is 38.1 Å². The summed E-state index contributed by atoms with van der Waals surface area (Å²) >= 11 is 1.52. The number of carbonyl (C=O) groups is 1. The maximum Gasteiger partial charge on any atom is 0.341 e. The number of ether oxygens (including phenoxy) is 1. The van der Waals surface area contributed by atoms with Crippen LogP contribution < -0.4 is 0 Å². The number of phenols is 1. The number of phenolic OH excluding ortho intramolecular Hbond substituents is 1. The summed E-state index contributed by atoms with van der Waals surface area (Å²) in [5, 5.41) is 9.40. The number of hydrogen-bond acceptors (Lipinski definition) is 4. The van der Waals surface area contributed by atoms with Crippen molar-refractivity contribution in [3.63, 3.8) is 0 Å². The van der Waals surface area contributed by atoms with Crippen molar-refractivity contribution in [3.8, 4) is 26.6 Å². The van der Waals surface area contributed by atoms with E-state index in [1.54, 1.807) is 18.2 Å². The first kappa shape index (κ1) is 19.1. The second-order valence-electron chi connectivity index (χ2n) is 6.41. The van der Waals surface area contributed by atoms with E-state index in [1.165, 1.54) is 23.5 Å². The van der Waals surface area contributed by atoms with E-state index >= 15 is 0 Å². The van der Waals surface area contributed by atoms with Gasteiger partial charge in [-0.05, 0) is 73.0 Å². The maximum absolute atomic E-state index is 14.5. The SMILES string of the molecule is CCCC(C)OC(=O)c1ccc(-c2ccc(-c3ccc(O)cc3)s2)cc1F. The summed E-state index contributed by atoms with van der Waals surface area (Å²) in [5.41, 5.74) is 1.65. The zero-order chi connectivity index (χ0) is 19.4. The summed E-state index contributed by atoms with van der Waals surface area (Å²) in [6, 6.07) is 15.4. The molecule has 0 bridgehead atoms. The maximum atomic E-state index is 14.5. The smallest absolute Gasteiger partial charge is 0.341 e. The molecule has 1 atom stereocenters. The molecule has 27 heavy (non-hydrogen) atoms. The van der Waals surface area contributed by atoms with Gasteiger partial charge >= 0.3 is 5.97 Å². The molecular weight excluding hydrogens is 363 g/mol. The molecule has 3 nitrogen and oxygen atoms in total. The van der Waals surface area contributed by atoms with E-state index < -0.39 is 11.8 Å². The molecule has 0 radical (unpaired) electrons. The van der Waals surface area contributed by atoms with E-state index in [2.05, 4.69) is 0 Å². The number of rotatable bonds is 6. The zero-order valence-electron chi connectivity index (χ0n) is 15.2. The lowest BCUT2D eigenvalue weighted by molar-refractivity contribution is 0.0318. The van der Waals surface area contributed by atoms with Gasteiger partial charge in [-0.25, -0.2) is 9.18 Å². The molecule has 1 N–H and O–H groups in total. The van der Waals surface area contributed by atoms with Gasteiger partial charge < -0.3 is 9.84 Å². The van der Waals surface area contributed by atoms with Crippen molar-refractivity contribution in [1.82, 2.24) is 0 Å². The summed E-state index contributed by atoms with van der Waals surface area (Å²) in [6.07, 6.45) is 1.42. The Bertz CT molecular complexity index is 931. The van der Waals surface area contributed by atoms with Crippen LogP contribution in [-0.4, -0.2) is 17.2 Å². The van der Waals surface area contributed by atoms with Gasteiger partial charge in [-0.2, -0.15) is 0 Å². The monoisotopic (exact) mass is 384 g/mol. The highest BCUT2D eigenvalue weighted by molar-refractivity contribution is 7.18. The molecule has 0 amide bonds. The number of benzene rings is 2. The van der Waals surface area contributed by atoms with Crippen molar-refractivity contribution in [2.24, 2.45) is 0 Å². The van der Waals surface area contributed by atoms with Crippen LogP contribution in [0.3, 0.4) is 0 Å². The summed E-state index contributed by atoms with van der Waals surface area (Å²) in [7, 11) is 0. The first-order valence-corrected chi connectivity index (χ1v) is 9.69. The molecule has 1 unspecified atom stereocenters. The fraction of sp³-hybridized carbons (Fsp3) is 0.227. The molecule has 0 aliphatic rings. The van der Waals surface area contributed by atoms with E-state index in [4.69, 9.17) is 4.74 Å².